The summed E-state index contributed by atoms with van der Waals surface area (Å²) < 4.78 is 14.7. The van der Waals surface area contributed by atoms with Crippen LogP contribution in [0.4, 0.5) is 0 Å². The average molecular weight is 831 g/mol. The molecule has 0 amide bonds. The Balaban J connectivity index is 1.18. The highest BCUT2D eigenvalue weighted by molar-refractivity contribution is 7.80. The Hall–Kier alpha value is -7.08. The van der Waals surface area contributed by atoms with Crippen LogP contribution in [0.3, 0.4) is 0 Å². The van der Waals surface area contributed by atoms with Gasteiger partial charge >= 0.3 is 8.38 Å². The Morgan fingerprint density at radius 2 is 0.919 bits per heavy atom. The molecule has 0 fully saturated rings. The predicted molar refractivity (Wildman–Crippen MR) is 271 cm³/mol. The summed E-state index contributed by atoms with van der Waals surface area (Å²) in [6.45, 7) is 12.2. The molecule has 62 heavy (non-hydrogen) atoms. The Labute approximate surface area is 364 Å². The van der Waals surface area contributed by atoms with Crippen LogP contribution < -0.4 is 30.3 Å². The average Bonchev–Trinajstić information content (AvgIpc) is 3.33. The van der Waals surface area contributed by atoms with E-state index in [1.54, 1.807) is 0 Å². The first-order valence-electron chi connectivity index (χ1n) is 20.8. The standard InChI is InChI=1S/C58H40O2P2/c1-4-38-21-28-48-42(35-38)24-31-51(55(48)57-47-20-14-13-15-41(47)26-33-53(57)61(45-16-9-7-10-17-45)46-18-11-8-12-19-46)59-62-54-34-27-44-37-40(6-3)23-30-50(44)58(54)56-49-29-22-39(5-2)36-43(49)25-32-52(56)60-62/h4-37H,1-3H2. The van der Waals surface area contributed by atoms with Gasteiger partial charge in [0.1, 0.15) is 11.5 Å². The number of hydrogen-bond acceptors (Lipinski definition) is 2. The topological polar surface area (TPSA) is 18.5 Å². The molecule has 4 heteroatoms. The van der Waals surface area contributed by atoms with Gasteiger partial charge in [-0.15, -0.1) is 0 Å². The fourth-order valence-electron chi connectivity index (χ4n) is 9.04. The van der Waals surface area contributed by atoms with E-state index in [0.29, 0.717) is 0 Å². The number of fused-ring (bicyclic) bond motifs is 9. The van der Waals surface area contributed by atoms with Crippen LogP contribution >= 0.6 is 16.3 Å². The molecule has 294 valence electrons. The zero-order chi connectivity index (χ0) is 41.7. The third-order valence-corrected chi connectivity index (χ3v) is 16.0. The van der Waals surface area contributed by atoms with E-state index in [1.807, 2.05) is 18.2 Å². The predicted octanol–water partition coefficient (Wildman–Crippen LogP) is 14.7. The maximum absolute atomic E-state index is 7.53. The molecule has 0 spiro atoms. The molecule has 0 saturated carbocycles. The van der Waals surface area contributed by atoms with Crippen molar-refractivity contribution in [3.8, 4) is 33.8 Å². The Morgan fingerprint density at radius 1 is 0.419 bits per heavy atom. The van der Waals surface area contributed by atoms with Crippen molar-refractivity contribution in [2.45, 2.75) is 0 Å². The zero-order valence-corrected chi connectivity index (χ0v) is 35.8. The lowest BCUT2D eigenvalue weighted by Gasteiger charge is -2.31. The summed E-state index contributed by atoms with van der Waals surface area (Å²) in [5.41, 5.74) is 7.66. The molecular formula is C58H40O2P2. The fourth-order valence-corrected chi connectivity index (χ4v) is 13.0. The molecule has 0 aromatic heterocycles. The molecule has 0 radical (unpaired) electrons. The molecule has 10 aromatic carbocycles. The van der Waals surface area contributed by atoms with E-state index >= 15 is 0 Å². The van der Waals surface area contributed by atoms with Gasteiger partial charge in [-0.2, -0.15) is 0 Å². The SMILES string of the molecule is C=Cc1ccc2c3c(ccc2c1)OP(Oc1ccc2cc(C=C)ccc2c1-c1c(P(c2ccccc2)c2ccccc2)ccc2ccccc12)c1ccc2cc(C=C)ccc2c1-3. The van der Waals surface area contributed by atoms with Crippen molar-refractivity contribution in [1.82, 2.24) is 0 Å². The molecule has 1 heterocycles. The zero-order valence-electron chi connectivity index (χ0n) is 34.0. The minimum absolute atomic E-state index is 0.775. The van der Waals surface area contributed by atoms with Crippen LogP contribution in [0.15, 0.2) is 208 Å². The second-order valence-electron chi connectivity index (χ2n) is 15.5. The van der Waals surface area contributed by atoms with Crippen LogP contribution in [0.1, 0.15) is 16.7 Å². The van der Waals surface area contributed by atoms with E-state index in [0.717, 1.165) is 82.5 Å². The maximum atomic E-state index is 7.53. The van der Waals surface area contributed by atoms with Gasteiger partial charge in [0.2, 0.25) is 0 Å². The van der Waals surface area contributed by atoms with Crippen molar-refractivity contribution >= 4 is 98.8 Å². The van der Waals surface area contributed by atoms with Crippen LogP contribution in [0.2, 0.25) is 0 Å². The summed E-state index contributed by atoms with van der Waals surface area (Å²) in [7, 11) is -2.67. The molecule has 1 unspecified atom stereocenters. The molecule has 0 saturated heterocycles. The molecule has 0 bridgehead atoms. The first kappa shape index (κ1) is 37.9. The second-order valence-corrected chi connectivity index (χ2v) is 19.1. The summed E-state index contributed by atoms with van der Waals surface area (Å²) in [5, 5.41) is 14.0. The maximum Gasteiger partial charge on any atom is 0.326 e. The largest absolute Gasteiger partial charge is 0.435 e. The van der Waals surface area contributed by atoms with E-state index < -0.39 is 16.3 Å². The molecule has 0 aliphatic carbocycles. The van der Waals surface area contributed by atoms with Crippen LogP contribution in [0, 0.1) is 0 Å². The van der Waals surface area contributed by atoms with Gasteiger partial charge in [0.15, 0.2) is 0 Å². The van der Waals surface area contributed by atoms with Crippen LogP contribution in [0.5, 0.6) is 11.5 Å². The Bertz CT molecular complexity index is 3390. The monoisotopic (exact) mass is 830 g/mol. The van der Waals surface area contributed by atoms with Gasteiger partial charge in [-0.1, -0.05) is 190 Å². The molecule has 1 aliphatic heterocycles. The van der Waals surface area contributed by atoms with E-state index in [1.165, 1.54) is 32.2 Å². The molecule has 1 atom stereocenters. The Morgan fingerprint density at radius 3 is 1.53 bits per heavy atom. The summed E-state index contributed by atoms with van der Waals surface area (Å²) in [5.74, 6) is 1.58. The van der Waals surface area contributed by atoms with Crippen molar-refractivity contribution < 1.29 is 9.05 Å². The van der Waals surface area contributed by atoms with E-state index in [9.17, 15) is 0 Å². The van der Waals surface area contributed by atoms with Gasteiger partial charge in [-0.3, -0.25) is 0 Å². The highest BCUT2D eigenvalue weighted by atomic mass is 31.2. The normalized spacial score (nSPS) is 13.1. The summed E-state index contributed by atoms with van der Waals surface area (Å²) >= 11 is 0. The summed E-state index contributed by atoms with van der Waals surface area (Å²) in [4.78, 5) is 0. The van der Waals surface area contributed by atoms with Crippen LogP contribution in [0.25, 0.3) is 83.6 Å². The molecule has 0 N–H and O–H groups in total. The van der Waals surface area contributed by atoms with Crippen molar-refractivity contribution in [3.05, 3.63) is 224 Å². The Kier molecular flexibility index (Phi) is 9.62. The van der Waals surface area contributed by atoms with Crippen molar-refractivity contribution in [2.24, 2.45) is 0 Å². The lowest BCUT2D eigenvalue weighted by atomic mass is 9.91. The summed E-state index contributed by atoms with van der Waals surface area (Å²) in [6, 6.07) is 68.0. The van der Waals surface area contributed by atoms with Crippen molar-refractivity contribution in [1.29, 1.82) is 0 Å². The fraction of sp³-hybridized carbons (Fsp3) is 0. The highest BCUT2D eigenvalue weighted by Gasteiger charge is 2.34. The smallest absolute Gasteiger partial charge is 0.326 e. The lowest BCUT2D eigenvalue weighted by molar-refractivity contribution is 0.502. The van der Waals surface area contributed by atoms with Gasteiger partial charge in [0, 0.05) is 22.3 Å². The molecular weight excluding hydrogens is 791 g/mol. The lowest BCUT2D eigenvalue weighted by Crippen LogP contribution is -2.22. The minimum Gasteiger partial charge on any atom is -0.435 e. The van der Waals surface area contributed by atoms with Crippen molar-refractivity contribution in [2.75, 3.05) is 0 Å². The quantitative estimate of drug-likeness (QED) is 0.135. The van der Waals surface area contributed by atoms with Crippen LogP contribution in [-0.4, -0.2) is 0 Å². The minimum atomic E-state index is -1.67. The molecule has 10 aromatic rings. The van der Waals surface area contributed by atoms with Gasteiger partial charge < -0.3 is 9.05 Å². The highest BCUT2D eigenvalue weighted by Crippen LogP contribution is 2.56. The van der Waals surface area contributed by atoms with E-state index in [4.69, 9.17) is 9.05 Å². The molecule has 1 aliphatic rings. The van der Waals surface area contributed by atoms with Gasteiger partial charge in [-0.25, -0.2) is 0 Å². The third kappa shape index (κ3) is 6.43. The van der Waals surface area contributed by atoms with Gasteiger partial charge in [0.25, 0.3) is 0 Å². The summed E-state index contributed by atoms with van der Waals surface area (Å²) in [6.07, 6.45) is 5.71. The number of hydrogen-bond donors (Lipinski definition) is 0. The molecule has 2 nitrogen and oxygen atoms in total. The second kappa shape index (κ2) is 15.7. The molecule has 11 rings (SSSR count). The first-order chi connectivity index (χ1) is 30.6. The van der Waals surface area contributed by atoms with E-state index in [-0.39, 0.29) is 0 Å². The van der Waals surface area contributed by atoms with Gasteiger partial charge in [0.05, 0.1) is 5.30 Å². The first-order valence-corrected chi connectivity index (χ1v) is 23.3. The van der Waals surface area contributed by atoms with Gasteiger partial charge in [-0.05, 0) is 120 Å². The number of rotatable bonds is 9. The number of benzene rings is 10. The van der Waals surface area contributed by atoms with E-state index in [2.05, 4.69) is 208 Å². The van der Waals surface area contributed by atoms with Crippen molar-refractivity contribution in [3.63, 3.8) is 0 Å². The third-order valence-electron chi connectivity index (χ3n) is 12.0. The van der Waals surface area contributed by atoms with Crippen LogP contribution in [-0.2, 0) is 0 Å².